The van der Waals surface area contributed by atoms with Gasteiger partial charge in [0.15, 0.2) is 5.16 Å². The van der Waals surface area contributed by atoms with Gasteiger partial charge in [-0.25, -0.2) is 4.98 Å². The highest BCUT2D eigenvalue weighted by atomic mass is 32.2. The van der Waals surface area contributed by atoms with Crippen LogP contribution in [0, 0.1) is 0 Å². The van der Waals surface area contributed by atoms with Gasteiger partial charge >= 0.3 is 0 Å². The van der Waals surface area contributed by atoms with Crippen LogP contribution < -0.4 is 16.4 Å². The van der Waals surface area contributed by atoms with Crippen LogP contribution in [0.5, 0.6) is 0 Å². The second-order valence-electron chi connectivity index (χ2n) is 5.50. The molecule has 10 heteroatoms. The summed E-state index contributed by atoms with van der Waals surface area (Å²) in [5.74, 6) is -0.692. The second kappa shape index (κ2) is 9.70. The Kier molecular flexibility index (Phi) is 7.61. The molecule has 0 bridgehead atoms. The molecule has 0 atom stereocenters. The molecule has 0 fully saturated rings. The topological polar surface area (TPSA) is 102 Å². The maximum Gasteiger partial charge on any atom is 0.262 e. The highest BCUT2D eigenvalue weighted by molar-refractivity contribution is 7.99. The number of aryl methyl sites for hydroxylation is 1. The van der Waals surface area contributed by atoms with E-state index in [1.54, 1.807) is 11.7 Å². The number of amides is 2. The van der Waals surface area contributed by atoms with Gasteiger partial charge in [-0.15, -0.1) is 11.3 Å². The van der Waals surface area contributed by atoms with Crippen molar-refractivity contribution in [3.63, 3.8) is 0 Å². The zero-order chi connectivity index (χ0) is 19.1. The van der Waals surface area contributed by atoms with Crippen LogP contribution in [0.2, 0.25) is 0 Å². The molecule has 2 heterocycles. The van der Waals surface area contributed by atoms with Crippen LogP contribution in [0.1, 0.15) is 25.1 Å². The second-order valence-corrected chi connectivity index (χ2v) is 7.56. The van der Waals surface area contributed by atoms with Gasteiger partial charge in [-0.05, 0) is 18.9 Å². The number of hydrogen-bond acceptors (Lipinski definition) is 7. The predicted molar refractivity (Wildman–Crippen MR) is 102 cm³/mol. The van der Waals surface area contributed by atoms with Crippen LogP contribution in [-0.2, 0) is 27.3 Å². The van der Waals surface area contributed by atoms with Gasteiger partial charge in [0.1, 0.15) is 4.83 Å². The zero-order valence-corrected chi connectivity index (χ0v) is 16.6. The van der Waals surface area contributed by atoms with E-state index in [1.807, 2.05) is 13.0 Å². The molecule has 0 unspecified atom stereocenters. The molecule has 2 N–H and O–H groups in total. The Morgan fingerprint density at radius 1 is 1.38 bits per heavy atom. The Labute approximate surface area is 159 Å². The fourth-order valence-electron chi connectivity index (χ4n) is 2.22. The standard InChI is InChI=1S/C16H22N4O4S2/c1-4-11-8-12-14(26-11)17-16(20(15(12)23)6-5-7-24-3)25-9-13(22)19-18-10(2)21/h8H,4-7,9H2,1-3H3,(H,18,21)(H,19,22). The quantitative estimate of drug-likeness (QED) is 0.301. The number of nitrogens with zero attached hydrogens (tertiary/aromatic N) is 2. The molecule has 0 aliphatic heterocycles. The molecular weight excluding hydrogens is 376 g/mol. The summed E-state index contributed by atoms with van der Waals surface area (Å²) in [5, 5.41) is 1.09. The minimum Gasteiger partial charge on any atom is -0.385 e. The first kappa shape index (κ1) is 20.4. The third-order valence-corrected chi connectivity index (χ3v) is 5.61. The Bertz CT molecular complexity index is 847. The number of hydrogen-bond donors (Lipinski definition) is 2. The summed E-state index contributed by atoms with van der Waals surface area (Å²) in [4.78, 5) is 41.9. The molecule has 142 valence electrons. The van der Waals surface area contributed by atoms with Crippen LogP contribution in [0.4, 0.5) is 0 Å². The molecule has 0 saturated heterocycles. The smallest absolute Gasteiger partial charge is 0.262 e. The highest BCUT2D eigenvalue weighted by Crippen LogP contribution is 2.25. The number of rotatable bonds is 8. The average Bonchev–Trinajstić information content (AvgIpc) is 3.04. The minimum atomic E-state index is -0.372. The Balaban J connectivity index is 2.26. The van der Waals surface area contributed by atoms with Gasteiger partial charge in [0.2, 0.25) is 11.8 Å². The number of fused-ring (bicyclic) bond motifs is 1. The first-order valence-electron chi connectivity index (χ1n) is 8.16. The van der Waals surface area contributed by atoms with Crippen molar-refractivity contribution < 1.29 is 14.3 Å². The summed E-state index contributed by atoms with van der Waals surface area (Å²) < 4.78 is 6.65. The van der Waals surface area contributed by atoms with Gasteiger partial charge in [-0.2, -0.15) is 0 Å². The molecule has 2 aromatic rings. The van der Waals surface area contributed by atoms with Crippen molar-refractivity contribution in [2.45, 2.75) is 38.4 Å². The summed E-state index contributed by atoms with van der Waals surface area (Å²) >= 11 is 2.66. The third-order valence-electron chi connectivity index (χ3n) is 3.46. The van der Waals surface area contributed by atoms with Crippen molar-refractivity contribution in [3.8, 4) is 0 Å². The molecule has 8 nitrogen and oxygen atoms in total. The largest absolute Gasteiger partial charge is 0.385 e. The van der Waals surface area contributed by atoms with E-state index >= 15 is 0 Å². The lowest BCUT2D eigenvalue weighted by Gasteiger charge is -2.11. The molecule has 0 aliphatic rings. The number of ether oxygens (including phenoxy) is 1. The van der Waals surface area contributed by atoms with Crippen molar-refractivity contribution in [1.29, 1.82) is 0 Å². The van der Waals surface area contributed by atoms with Crippen LogP contribution in [0.3, 0.4) is 0 Å². The lowest BCUT2D eigenvalue weighted by atomic mass is 10.3. The molecule has 0 saturated carbocycles. The average molecular weight is 399 g/mol. The SMILES string of the molecule is CCc1cc2c(=O)n(CCCOC)c(SCC(=O)NNC(C)=O)nc2s1. The lowest BCUT2D eigenvalue weighted by molar-refractivity contribution is -0.126. The molecule has 0 aliphatic carbocycles. The van der Waals surface area contributed by atoms with Gasteiger partial charge < -0.3 is 4.74 Å². The van der Waals surface area contributed by atoms with Gasteiger partial charge in [-0.1, -0.05) is 18.7 Å². The number of aromatic nitrogens is 2. The maximum absolute atomic E-state index is 12.9. The van der Waals surface area contributed by atoms with Crippen molar-refractivity contribution in [2.75, 3.05) is 19.5 Å². The van der Waals surface area contributed by atoms with Crippen LogP contribution >= 0.6 is 23.1 Å². The van der Waals surface area contributed by atoms with E-state index < -0.39 is 0 Å². The maximum atomic E-state index is 12.9. The number of methoxy groups -OCH3 is 1. The molecular formula is C16H22N4O4S2. The van der Waals surface area contributed by atoms with Crippen LogP contribution in [0.25, 0.3) is 10.2 Å². The number of hydrazine groups is 1. The van der Waals surface area contributed by atoms with E-state index in [0.29, 0.717) is 34.9 Å². The molecule has 0 spiro atoms. The van der Waals surface area contributed by atoms with Gasteiger partial charge in [-0.3, -0.25) is 29.8 Å². The Hall–Kier alpha value is -1.91. The van der Waals surface area contributed by atoms with E-state index in [9.17, 15) is 14.4 Å². The van der Waals surface area contributed by atoms with Crippen molar-refractivity contribution in [1.82, 2.24) is 20.4 Å². The lowest BCUT2D eigenvalue weighted by Crippen LogP contribution is -2.41. The summed E-state index contributed by atoms with van der Waals surface area (Å²) in [5.41, 5.74) is 4.43. The summed E-state index contributed by atoms with van der Waals surface area (Å²) in [7, 11) is 1.61. The highest BCUT2D eigenvalue weighted by Gasteiger charge is 2.15. The number of thioether (sulfide) groups is 1. The fourth-order valence-corrected chi connectivity index (χ4v) is 4.05. The molecule has 2 amide bonds. The third kappa shape index (κ3) is 5.29. The summed E-state index contributed by atoms with van der Waals surface area (Å²) in [6, 6.07) is 1.89. The Morgan fingerprint density at radius 2 is 2.15 bits per heavy atom. The summed E-state index contributed by atoms with van der Waals surface area (Å²) in [6.07, 6.45) is 1.51. The van der Waals surface area contributed by atoms with Gasteiger partial charge in [0.05, 0.1) is 11.1 Å². The molecule has 2 aromatic heterocycles. The zero-order valence-electron chi connectivity index (χ0n) is 15.0. The first-order valence-corrected chi connectivity index (χ1v) is 9.96. The molecule has 26 heavy (non-hydrogen) atoms. The normalized spacial score (nSPS) is 10.9. The van der Waals surface area contributed by atoms with E-state index in [2.05, 4.69) is 15.8 Å². The van der Waals surface area contributed by atoms with Crippen molar-refractivity contribution in [3.05, 3.63) is 21.3 Å². The first-order chi connectivity index (χ1) is 12.5. The number of carbonyl (C=O) groups is 2. The predicted octanol–water partition coefficient (Wildman–Crippen LogP) is 1.32. The molecule has 0 aromatic carbocycles. The number of carbonyl (C=O) groups excluding carboxylic acids is 2. The summed E-state index contributed by atoms with van der Waals surface area (Å²) in [6.45, 7) is 4.33. The number of nitrogens with one attached hydrogen (secondary N) is 2. The molecule has 2 rings (SSSR count). The number of thiophene rings is 1. The monoisotopic (exact) mass is 398 g/mol. The Morgan fingerprint density at radius 3 is 2.81 bits per heavy atom. The van der Waals surface area contributed by atoms with Crippen LogP contribution in [-0.4, -0.2) is 40.8 Å². The van der Waals surface area contributed by atoms with Crippen LogP contribution in [0.15, 0.2) is 16.0 Å². The fraction of sp³-hybridized carbons (Fsp3) is 0.500. The van der Waals surface area contributed by atoms with E-state index in [-0.39, 0.29) is 23.1 Å². The van der Waals surface area contributed by atoms with Crippen molar-refractivity contribution >= 4 is 45.1 Å². The molecule has 0 radical (unpaired) electrons. The van der Waals surface area contributed by atoms with E-state index in [4.69, 9.17) is 4.74 Å². The van der Waals surface area contributed by atoms with E-state index in [1.165, 1.54) is 30.0 Å². The van der Waals surface area contributed by atoms with E-state index in [0.717, 1.165) is 11.3 Å². The van der Waals surface area contributed by atoms with Crippen molar-refractivity contribution in [2.24, 2.45) is 0 Å². The van der Waals surface area contributed by atoms with Gasteiger partial charge in [0.25, 0.3) is 5.56 Å². The minimum absolute atomic E-state index is 0.0362. The van der Waals surface area contributed by atoms with Gasteiger partial charge in [0, 0.05) is 32.1 Å².